The fourth-order valence-electron chi connectivity index (χ4n) is 11.2. The molecule has 0 saturated heterocycles. The number of nitrogens with two attached hydrogens (primary N) is 1. The number of rotatable bonds is 9. The number of carbonyl (C=O) groups is 1. The summed E-state index contributed by atoms with van der Waals surface area (Å²) in [6.07, 6.45) is 8.16. The van der Waals surface area contributed by atoms with Gasteiger partial charge in [0.05, 0.1) is 31.3 Å². The molecule has 4 aliphatic rings. The highest BCUT2D eigenvalue weighted by Crippen LogP contribution is 2.74. The lowest BCUT2D eigenvalue weighted by Crippen LogP contribution is -2.67. The smallest absolute Gasteiger partial charge is 0.307 e. The monoisotopic (exact) mass is 589 g/mol. The predicted octanol–water partition coefficient (Wildman–Crippen LogP) is 7.35. The van der Waals surface area contributed by atoms with Crippen LogP contribution in [0, 0.1) is 56.7 Å². The van der Waals surface area contributed by atoms with Crippen LogP contribution in [0.1, 0.15) is 108 Å². The third kappa shape index (κ3) is 4.93. The fourth-order valence-corrected chi connectivity index (χ4v) is 11.2. The Morgan fingerprint density at radius 1 is 1.07 bits per heavy atom. The van der Waals surface area contributed by atoms with Gasteiger partial charge in [0.1, 0.15) is 0 Å². The average molecular weight is 590 g/mol. The van der Waals surface area contributed by atoms with E-state index in [2.05, 4.69) is 61.5 Å². The average Bonchev–Trinajstić information content (AvgIpc) is 2.87. The minimum absolute atomic E-state index is 0.0637. The molecule has 3 N–H and O–H groups in total. The molecule has 0 unspecified atom stereocenters. The number of hydrogen-bond donors (Lipinski definition) is 2. The van der Waals surface area contributed by atoms with Gasteiger partial charge in [0.15, 0.2) is 0 Å². The maximum Gasteiger partial charge on any atom is 0.307 e. The van der Waals surface area contributed by atoms with Gasteiger partial charge in [-0.1, -0.05) is 67.0 Å². The Kier molecular flexibility index (Phi) is 9.00. The van der Waals surface area contributed by atoms with Crippen molar-refractivity contribution in [3.63, 3.8) is 0 Å². The first-order chi connectivity index (χ1) is 19.3. The molecule has 6 heteroatoms. The molecular weight excluding hydrogens is 526 g/mol. The molecule has 0 heterocycles. The Balaban J connectivity index is 1.82. The van der Waals surface area contributed by atoms with Gasteiger partial charge in [-0.2, -0.15) is 0 Å². The highest BCUT2D eigenvalue weighted by Gasteiger charge is 2.70. The molecule has 0 amide bonds. The molecule has 0 radical (unpaired) electrons. The van der Waals surface area contributed by atoms with Gasteiger partial charge in [-0.05, 0) is 97.7 Å². The highest BCUT2D eigenvalue weighted by atomic mass is 16.5. The van der Waals surface area contributed by atoms with Gasteiger partial charge in [-0.3, -0.25) is 4.79 Å². The minimum atomic E-state index is -0.614. The van der Waals surface area contributed by atoms with Gasteiger partial charge >= 0.3 is 5.97 Å². The highest BCUT2D eigenvalue weighted by molar-refractivity contribution is 5.73. The quantitative estimate of drug-likeness (QED) is 0.273. The van der Waals surface area contributed by atoms with Crippen LogP contribution in [0.2, 0.25) is 0 Å². The van der Waals surface area contributed by atoms with Crippen LogP contribution in [0.15, 0.2) is 11.6 Å². The topological polar surface area (TPSA) is 91.0 Å². The van der Waals surface area contributed by atoms with Crippen molar-refractivity contribution >= 4 is 5.97 Å². The third-order valence-electron chi connectivity index (χ3n) is 13.8. The molecule has 4 rings (SSSR count). The molecular formula is C36H63NO5. The number of fused-ring (bicyclic) bond motifs is 5. The van der Waals surface area contributed by atoms with Crippen molar-refractivity contribution in [3.8, 4) is 0 Å². The van der Waals surface area contributed by atoms with Crippen molar-refractivity contribution in [2.75, 3.05) is 27.4 Å². The second-order valence-electron chi connectivity index (χ2n) is 17.3. The largest absolute Gasteiger partial charge is 0.481 e. The summed E-state index contributed by atoms with van der Waals surface area (Å²) in [6.45, 7) is 23.7. The van der Waals surface area contributed by atoms with E-state index in [0.29, 0.717) is 36.9 Å². The summed E-state index contributed by atoms with van der Waals surface area (Å²) < 4.78 is 19.0. The van der Waals surface area contributed by atoms with Crippen LogP contribution < -0.4 is 5.73 Å². The van der Waals surface area contributed by atoms with E-state index >= 15 is 0 Å². The second-order valence-corrected chi connectivity index (χ2v) is 17.3. The minimum Gasteiger partial charge on any atom is -0.481 e. The summed E-state index contributed by atoms with van der Waals surface area (Å²) in [5.41, 5.74) is 6.46. The molecule has 4 aliphatic carbocycles. The normalized spacial score (nSPS) is 44.0. The Morgan fingerprint density at radius 3 is 2.24 bits per heavy atom. The van der Waals surface area contributed by atoms with Gasteiger partial charge in [-0.15, -0.1) is 0 Å². The standard InChI is InChI=1S/C36H63NO5/c1-22(2)23(3)33(8)17-18-34(9)24-13-14-27-32(6,7)29(42-20-31(4,5)37)26(41-12)19-36(27,21-40-11)25(24)15-16-35(34,10)28(33)30(38)39/h15,22-24,26-29H,13-14,16-21,37H2,1-12H3,(H,38,39)/t23-,24+,26-,27+,28-,29+,33-,34-,35+,36+/m1/s1. The lowest BCUT2D eigenvalue weighted by molar-refractivity contribution is -0.223. The molecule has 0 aromatic carbocycles. The third-order valence-corrected chi connectivity index (χ3v) is 13.8. The van der Waals surface area contributed by atoms with Crippen molar-refractivity contribution < 1.29 is 24.1 Å². The van der Waals surface area contributed by atoms with Crippen LogP contribution in [0.5, 0.6) is 0 Å². The Morgan fingerprint density at radius 2 is 1.71 bits per heavy atom. The van der Waals surface area contributed by atoms with Crippen LogP contribution in [-0.4, -0.2) is 56.3 Å². The summed E-state index contributed by atoms with van der Waals surface area (Å²) in [5, 5.41) is 10.9. The van der Waals surface area contributed by atoms with Crippen LogP contribution in [0.25, 0.3) is 0 Å². The maximum absolute atomic E-state index is 13.3. The van der Waals surface area contributed by atoms with E-state index in [1.165, 1.54) is 5.57 Å². The molecule has 10 atom stereocenters. The van der Waals surface area contributed by atoms with Crippen LogP contribution >= 0.6 is 0 Å². The Bertz CT molecular complexity index is 1050. The number of hydrogen-bond acceptors (Lipinski definition) is 5. The van der Waals surface area contributed by atoms with Crippen LogP contribution in [-0.2, 0) is 19.0 Å². The summed E-state index contributed by atoms with van der Waals surface area (Å²) in [7, 11) is 3.65. The van der Waals surface area contributed by atoms with Gasteiger partial charge in [-0.25, -0.2) is 0 Å². The molecule has 42 heavy (non-hydrogen) atoms. The van der Waals surface area contributed by atoms with E-state index in [1.807, 2.05) is 28.1 Å². The first kappa shape index (κ1) is 33.9. The van der Waals surface area contributed by atoms with E-state index in [1.54, 1.807) is 0 Å². The molecule has 0 aromatic heterocycles. The van der Waals surface area contributed by atoms with Crippen molar-refractivity contribution in [1.82, 2.24) is 0 Å². The molecule has 0 aliphatic heterocycles. The van der Waals surface area contributed by atoms with E-state index in [-0.39, 0.29) is 45.2 Å². The molecule has 6 nitrogen and oxygen atoms in total. The zero-order chi connectivity index (χ0) is 31.7. The molecule has 0 bridgehead atoms. The number of carboxylic acids is 1. The lowest BCUT2D eigenvalue weighted by atomic mass is 9.34. The fraction of sp³-hybridized carbons (Fsp3) is 0.917. The Labute approximate surface area is 256 Å². The van der Waals surface area contributed by atoms with E-state index < -0.39 is 11.5 Å². The zero-order valence-corrected chi connectivity index (χ0v) is 28.9. The van der Waals surface area contributed by atoms with E-state index in [9.17, 15) is 9.90 Å². The van der Waals surface area contributed by atoms with Gasteiger partial charge in [0, 0.05) is 25.2 Å². The second kappa shape index (κ2) is 11.1. The molecule has 0 spiro atoms. The molecule has 242 valence electrons. The van der Waals surface area contributed by atoms with Crippen molar-refractivity contribution in [2.45, 2.75) is 126 Å². The number of carboxylic acid groups (broad SMARTS) is 1. The Hall–Kier alpha value is -0.950. The SMILES string of the molecule is COC[C@]12C[C@@H](OC)[C@H](OCC(C)(C)N)C(C)(C)[C@@H]1CC[C@H]1C2=CC[C@@]2(C)[C@H](C(=O)O)[C@@](C)([C@H](C)C(C)C)CC[C@]12C. The van der Waals surface area contributed by atoms with Gasteiger partial charge in [0.25, 0.3) is 0 Å². The van der Waals surface area contributed by atoms with Gasteiger partial charge < -0.3 is 25.1 Å². The van der Waals surface area contributed by atoms with E-state index in [4.69, 9.17) is 19.9 Å². The zero-order valence-electron chi connectivity index (χ0n) is 28.9. The van der Waals surface area contributed by atoms with Gasteiger partial charge in [0.2, 0.25) is 0 Å². The number of methoxy groups -OCH3 is 2. The number of aliphatic carboxylic acids is 1. The number of ether oxygens (including phenoxy) is 3. The predicted molar refractivity (Wildman–Crippen MR) is 169 cm³/mol. The van der Waals surface area contributed by atoms with Crippen molar-refractivity contribution in [2.24, 2.45) is 62.4 Å². The van der Waals surface area contributed by atoms with Crippen molar-refractivity contribution in [1.29, 1.82) is 0 Å². The summed E-state index contributed by atoms with van der Waals surface area (Å²) >= 11 is 0. The molecule has 3 saturated carbocycles. The van der Waals surface area contributed by atoms with Crippen molar-refractivity contribution in [3.05, 3.63) is 11.6 Å². The van der Waals surface area contributed by atoms with Crippen LogP contribution in [0.4, 0.5) is 0 Å². The summed E-state index contributed by atoms with van der Waals surface area (Å²) in [4.78, 5) is 13.3. The van der Waals surface area contributed by atoms with E-state index in [0.717, 1.165) is 38.5 Å². The van der Waals surface area contributed by atoms with Crippen LogP contribution in [0.3, 0.4) is 0 Å². The number of allylic oxidation sites excluding steroid dienone is 1. The lowest BCUT2D eigenvalue weighted by Gasteiger charge is -2.70. The summed E-state index contributed by atoms with van der Waals surface area (Å²) in [6, 6.07) is 0. The summed E-state index contributed by atoms with van der Waals surface area (Å²) in [5.74, 6) is 0.465. The molecule has 3 fully saturated rings. The first-order valence-corrected chi connectivity index (χ1v) is 16.6. The molecule has 0 aromatic rings. The first-order valence-electron chi connectivity index (χ1n) is 16.6. The maximum atomic E-state index is 13.3.